The number of ether oxygens (including phenoxy) is 1. The number of aromatic nitrogens is 2. The Bertz CT molecular complexity index is 1070. The molecule has 7 atom stereocenters. The lowest BCUT2D eigenvalue weighted by molar-refractivity contribution is -0.148. The van der Waals surface area contributed by atoms with Gasteiger partial charge in [-0.05, 0) is 91.1 Å². The van der Waals surface area contributed by atoms with Crippen molar-refractivity contribution in [1.29, 1.82) is 0 Å². The van der Waals surface area contributed by atoms with Crippen LogP contribution in [0, 0.1) is 40.4 Å². The average molecular weight is 463 g/mol. The normalized spacial score (nSPS) is 38.1. The molecule has 0 amide bonds. The number of fused-ring (bicyclic) bond motifs is 2. The number of para-hydroxylation sites is 2. The molecule has 0 radical (unpaired) electrons. The quantitative estimate of drug-likeness (QED) is 0.353. The van der Waals surface area contributed by atoms with Crippen LogP contribution in [0.2, 0.25) is 0 Å². The molecule has 1 aromatic carbocycles. The largest absolute Gasteiger partial charge is 0.466 e. The van der Waals surface area contributed by atoms with E-state index in [0.717, 1.165) is 18.5 Å². The van der Waals surface area contributed by atoms with Gasteiger partial charge in [0, 0.05) is 13.5 Å². The van der Waals surface area contributed by atoms with E-state index in [-0.39, 0.29) is 16.8 Å². The van der Waals surface area contributed by atoms with E-state index in [1.807, 2.05) is 0 Å². The van der Waals surface area contributed by atoms with Gasteiger partial charge in [0.1, 0.15) is 0 Å². The topological polar surface area (TPSA) is 44.1 Å². The minimum atomic E-state index is -0.148. The summed E-state index contributed by atoms with van der Waals surface area (Å²) in [4.78, 5) is 16.5. The third kappa shape index (κ3) is 3.91. The lowest BCUT2D eigenvalue weighted by Gasteiger charge is -2.57. The molecular weight excluding hydrogens is 420 g/mol. The van der Waals surface area contributed by atoms with Gasteiger partial charge in [-0.25, -0.2) is 4.98 Å². The minimum Gasteiger partial charge on any atom is -0.466 e. The molecule has 3 saturated carbocycles. The van der Waals surface area contributed by atoms with Crippen LogP contribution in [0.3, 0.4) is 0 Å². The second-order valence-corrected chi connectivity index (χ2v) is 12.2. The Morgan fingerprint density at radius 2 is 1.97 bits per heavy atom. The Hall–Kier alpha value is -2.10. The molecule has 3 aliphatic carbocycles. The third-order valence-corrected chi connectivity index (χ3v) is 10.5. The number of rotatable bonds is 5. The fraction of sp³-hybridized carbons (Fsp3) is 0.667. The maximum atomic E-state index is 11.7. The lowest BCUT2D eigenvalue weighted by Crippen LogP contribution is -2.51. The van der Waals surface area contributed by atoms with Gasteiger partial charge in [-0.3, -0.25) is 4.79 Å². The van der Waals surface area contributed by atoms with E-state index in [4.69, 9.17) is 9.72 Å². The molecule has 4 heteroatoms. The van der Waals surface area contributed by atoms with Crippen LogP contribution in [0.5, 0.6) is 0 Å². The first-order valence-electron chi connectivity index (χ1n) is 13.4. The summed E-state index contributed by atoms with van der Waals surface area (Å²) < 4.78 is 8.08. The number of nitrogens with zero attached hydrogens (tertiary/aromatic N) is 2. The first kappa shape index (κ1) is 23.6. The molecule has 0 saturated heterocycles. The summed E-state index contributed by atoms with van der Waals surface area (Å²) >= 11 is 0. The summed E-state index contributed by atoms with van der Waals surface area (Å²) in [6, 6.07) is 8.52. The van der Waals surface area contributed by atoms with Crippen LogP contribution in [0.25, 0.3) is 11.0 Å². The number of carbonyl (C=O) groups excluding carboxylic acids is 1. The van der Waals surface area contributed by atoms with Crippen molar-refractivity contribution in [2.75, 3.05) is 6.61 Å². The molecule has 0 spiro atoms. The fourth-order valence-corrected chi connectivity index (χ4v) is 8.25. The highest BCUT2D eigenvalue weighted by molar-refractivity contribution is 5.74. The number of benzene rings is 1. The zero-order chi connectivity index (χ0) is 24.1. The zero-order valence-electron chi connectivity index (χ0n) is 21.6. The van der Waals surface area contributed by atoms with Crippen LogP contribution < -0.4 is 0 Å². The van der Waals surface area contributed by atoms with Gasteiger partial charge in [-0.15, -0.1) is 0 Å². The summed E-state index contributed by atoms with van der Waals surface area (Å²) in [6.45, 7) is 15.1. The van der Waals surface area contributed by atoms with Crippen molar-refractivity contribution >= 4 is 17.0 Å². The van der Waals surface area contributed by atoms with Crippen molar-refractivity contribution in [1.82, 2.24) is 9.55 Å². The van der Waals surface area contributed by atoms with Crippen LogP contribution in [0.15, 0.2) is 42.7 Å². The first-order valence-corrected chi connectivity index (χ1v) is 13.4. The highest BCUT2D eigenvalue weighted by Crippen LogP contribution is 2.64. The van der Waals surface area contributed by atoms with E-state index in [0.29, 0.717) is 36.2 Å². The van der Waals surface area contributed by atoms with E-state index in [1.54, 1.807) is 6.92 Å². The third-order valence-electron chi connectivity index (χ3n) is 10.5. The Morgan fingerprint density at radius 1 is 1.18 bits per heavy atom. The van der Waals surface area contributed by atoms with Gasteiger partial charge in [0.15, 0.2) is 0 Å². The van der Waals surface area contributed by atoms with Gasteiger partial charge >= 0.3 is 5.97 Å². The molecule has 3 fully saturated rings. The maximum Gasteiger partial charge on any atom is 0.302 e. The summed E-state index contributed by atoms with van der Waals surface area (Å²) in [5.74, 6) is 2.83. The number of allylic oxidation sites excluding steroid dienone is 1. The van der Waals surface area contributed by atoms with Crippen LogP contribution in [-0.4, -0.2) is 22.1 Å². The van der Waals surface area contributed by atoms with Gasteiger partial charge in [0.2, 0.25) is 0 Å². The second-order valence-electron chi connectivity index (χ2n) is 12.2. The van der Waals surface area contributed by atoms with Crippen molar-refractivity contribution < 1.29 is 9.53 Å². The zero-order valence-corrected chi connectivity index (χ0v) is 21.6. The van der Waals surface area contributed by atoms with Crippen molar-refractivity contribution in [3.8, 4) is 0 Å². The molecular formula is C30H42N2O2. The van der Waals surface area contributed by atoms with Crippen molar-refractivity contribution in [3.05, 3.63) is 42.7 Å². The number of esters is 1. The van der Waals surface area contributed by atoms with Gasteiger partial charge in [-0.1, -0.05) is 51.5 Å². The molecule has 4 nitrogen and oxygen atoms in total. The summed E-state index contributed by atoms with van der Waals surface area (Å²) in [7, 11) is 0. The molecule has 2 aromatic rings. The van der Waals surface area contributed by atoms with Gasteiger partial charge in [0.05, 0.1) is 24.0 Å². The molecule has 184 valence electrons. The molecule has 34 heavy (non-hydrogen) atoms. The van der Waals surface area contributed by atoms with E-state index < -0.39 is 0 Å². The van der Waals surface area contributed by atoms with Gasteiger partial charge in [-0.2, -0.15) is 0 Å². The maximum absolute atomic E-state index is 11.7. The monoisotopic (exact) mass is 462 g/mol. The number of hydrogen-bond donors (Lipinski definition) is 0. The van der Waals surface area contributed by atoms with Crippen molar-refractivity contribution in [3.63, 3.8) is 0 Å². The highest BCUT2D eigenvalue weighted by atomic mass is 16.5. The van der Waals surface area contributed by atoms with Gasteiger partial charge < -0.3 is 9.30 Å². The molecule has 5 rings (SSSR count). The summed E-state index contributed by atoms with van der Waals surface area (Å²) in [6.07, 6.45) is 10.6. The van der Waals surface area contributed by atoms with E-state index in [9.17, 15) is 4.79 Å². The number of carbonyl (C=O) groups is 1. The fourth-order valence-electron chi connectivity index (χ4n) is 8.25. The molecule has 0 aliphatic heterocycles. The van der Waals surface area contributed by atoms with Crippen molar-refractivity contribution in [2.24, 2.45) is 40.4 Å². The molecule has 0 N–H and O–H groups in total. The van der Waals surface area contributed by atoms with E-state index in [1.165, 1.54) is 49.6 Å². The lowest BCUT2D eigenvalue weighted by atomic mass is 9.49. The molecule has 1 heterocycles. The molecule has 0 unspecified atom stereocenters. The second kappa shape index (κ2) is 8.84. The highest BCUT2D eigenvalue weighted by Gasteiger charge is 2.56. The smallest absolute Gasteiger partial charge is 0.302 e. The molecule has 3 aliphatic rings. The number of imidazole rings is 1. The molecule has 0 bridgehead atoms. The van der Waals surface area contributed by atoms with Crippen molar-refractivity contribution in [2.45, 2.75) is 79.2 Å². The van der Waals surface area contributed by atoms with Gasteiger partial charge in [0.25, 0.3) is 0 Å². The SMILES string of the molecule is C=C1CC[C@H]2[C@H](Cn3cnc4ccccc43)[C@@H]([C@@]3(C)CC[C@H](C)C[C@@H]3COC(C)=O)CC[C@]12C. The predicted octanol–water partition coefficient (Wildman–Crippen LogP) is 7.04. The van der Waals surface area contributed by atoms with E-state index in [2.05, 4.69) is 62.5 Å². The Balaban J connectivity index is 1.52. The Kier molecular flexibility index (Phi) is 6.14. The number of hydrogen-bond acceptors (Lipinski definition) is 3. The van der Waals surface area contributed by atoms with Crippen LogP contribution >= 0.6 is 0 Å². The Labute approximate surface area is 205 Å². The standard InChI is InChI=1S/C30H42N2O2/c1-20-12-14-30(5,23(16-20)18-34-22(3)33)26-13-15-29(4)21(2)10-11-25(29)24(26)17-32-19-31-27-8-6-7-9-28(27)32/h6-9,19-20,23-26H,2,10-18H2,1,3-5H3/t20-,23+,24-,25-,26-,29+,30-/m0/s1. The summed E-state index contributed by atoms with van der Waals surface area (Å²) in [5.41, 5.74) is 4.23. The predicted molar refractivity (Wildman–Crippen MR) is 137 cm³/mol. The minimum absolute atomic E-state index is 0.148. The average Bonchev–Trinajstić information content (AvgIpc) is 3.35. The summed E-state index contributed by atoms with van der Waals surface area (Å²) in [5, 5.41) is 0. The van der Waals surface area contributed by atoms with Crippen LogP contribution in [-0.2, 0) is 16.1 Å². The molecule has 1 aromatic heterocycles. The Morgan fingerprint density at radius 3 is 2.76 bits per heavy atom. The van der Waals surface area contributed by atoms with E-state index >= 15 is 0 Å². The van der Waals surface area contributed by atoms with Crippen LogP contribution in [0.4, 0.5) is 0 Å². The van der Waals surface area contributed by atoms with Crippen LogP contribution in [0.1, 0.15) is 72.6 Å². The first-order chi connectivity index (χ1) is 16.2.